The highest BCUT2D eigenvalue weighted by Crippen LogP contribution is 2.53. The second-order valence-corrected chi connectivity index (χ2v) is 7.51. The predicted octanol–water partition coefficient (Wildman–Crippen LogP) is 2.80. The number of hydrogen-bond acceptors (Lipinski definition) is 4. The number of fused-ring (bicyclic) bond motifs is 2. The van der Waals surface area contributed by atoms with Crippen LogP contribution in [0.25, 0.3) is 11.1 Å². The summed E-state index contributed by atoms with van der Waals surface area (Å²) in [7, 11) is 7.48. The molecule has 1 aliphatic heterocycles. The number of halogens is 1. The van der Waals surface area contributed by atoms with Crippen molar-refractivity contribution < 1.29 is 24.2 Å². The lowest BCUT2D eigenvalue weighted by Gasteiger charge is -2.47. The van der Waals surface area contributed by atoms with Gasteiger partial charge in [0, 0.05) is 18.4 Å². The fourth-order valence-electron chi connectivity index (χ4n) is 4.36. The van der Waals surface area contributed by atoms with Gasteiger partial charge in [0.05, 0.1) is 34.9 Å². The molecule has 0 aromatic heterocycles. The molecule has 0 saturated carbocycles. The number of quaternary nitrogens is 1. The van der Waals surface area contributed by atoms with Crippen molar-refractivity contribution in [2.75, 3.05) is 34.9 Å². The lowest BCUT2D eigenvalue weighted by Crippen LogP contribution is -2.49. The van der Waals surface area contributed by atoms with Gasteiger partial charge in [0.2, 0.25) is 0 Å². The molecule has 0 amide bonds. The SMILES string of the molecule is COc1cc2c(cc1O)CC1c3c(cc(OC)c([O-])c3-2)CC[N+]1(C)C.Cl. The van der Waals surface area contributed by atoms with Gasteiger partial charge in [-0.05, 0) is 40.5 Å². The van der Waals surface area contributed by atoms with Crippen molar-refractivity contribution in [1.29, 1.82) is 0 Å². The van der Waals surface area contributed by atoms with Gasteiger partial charge >= 0.3 is 0 Å². The molecule has 2 aromatic rings. The summed E-state index contributed by atoms with van der Waals surface area (Å²) in [6, 6.07) is 5.64. The normalized spacial score (nSPS) is 19.0. The molecule has 1 aliphatic carbocycles. The Hall–Kier alpha value is -2.11. The first-order valence-corrected chi connectivity index (χ1v) is 8.51. The maximum Gasteiger partial charge on any atom is 0.161 e. The van der Waals surface area contributed by atoms with Crippen molar-refractivity contribution in [2.45, 2.75) is 18.9 Å². The molecule has 0 bridgehead atoms. The first kappa shape index (κ1) is 18.7. The average Bonchev–Trinajstić information content (AvgIpc) is 2.58. The Balaban J connectivity index is 0.00000196. The van der Waals surface area contributed by atoms with Crippen molar-refractivity contribution in [3.63, 3.8) is 0 Å². The summed E-state index contributed by atoms with van der Waals surface area (Å²) in [6.07, 6.45) is 1.72. The standard InChI is InChI=1S/C20H23NO4.ClH/c1-21(2)6-5-11-9-17(25-4)20(23)19-13-10-16(24-3)15(22)8-12(13)7-14(21)18(11)19;/h8-10,14H,5-7H2,1-4H3,(H-,22,23);1H. The molecule has 1 N–H and O–H groups in total. The highest BCUT2D eigenvalue weighted by molar-refractivity contribution is 5.85. The maximum absolute atomic E-state index is 13.1. The third kappa shape index (κ3) is 2.49. The topological polar surface area (TPSA) is 61.8 Å². The Morgan fingerprint density at radius 1 is 1.08 bits per heavy atom. The largest absolute Gasteiger partial charge is 0.870 e. The van der Waals surface area contributed by atoms with Crippen molar-refractivity contribution in [3.05, 3.63) is 34.9 Å². The molecule has 2 aliphatic rings. The van der Waals surface area contributed by atoms with Crippen LogP contribution in [0.15, 0.2) is 18.2 Å². The fourth-order valence-corrected chi connectivity index (χ4v) is 4.36. The van der Waals surface area contributed by atoms with E-state index in [0.29, 0.717) is 17.1 Å². The lowest BCUT2D eigenvalue weighted by atomic mass is 9.75. The van der Waals surface area contributed by atoms with Gasteiger partial charge in [-0.15, -0.1) is 12.4 Å². The zero-order valence-electron chi connectivity index (χ0n) is 15.5. The van der Waals surface area contributed by atoms with Crippen molar-refractivity contribution in [3.8, 4) is 34.1 Å². The molecule has 1 heterocycles. The number of benzene rings is 2. The van der Waals surface area contributed by atoms with E-state index >= 15 is 0 Å². The summed E-state index contributed by atoms with van der Waals surface area (Å²) in [6.45, 7) is 1.01. The first-order chi connectivity index (χ1) is 11.9. The van der Waals surface area contributed by atoms with E-state index in [0.717, 1.165) is 40.6 Å². The molecule has 1 unspecified atom stereocenters. The van der Waals surface area contributed by atoms with E-state index in [-0.39, 0.29) is 29.9 Å². The molecule has 26 heavy (non-hydrogen) atoms. The Morgan fingerprint density at radius 3 is 2.42 bits per heavy atom. The summed E-state index contributed by atoms with van der Waals surface area (Å²) < 4.78 is 11.5. The summed E-state index contributed by atoms with van der Waals surface area (Å²) in [5.74, 6) is 0.806. The fraction of sp³-hybridized carbons (Fsp3) is 0.400. The number of phenolic OH excluding ortho intramolecular Hbond substituents is 1. The Morgan fingerprint density at radius 2 is 1.77 bits per heavy atom. The summed E-state index contributed by atoms with van der Waals surface area (Å²) >= 11 is 0. The molecule has 5 nitrogen and oxygen atoms in total. The average molecular weight is 378 g/mol. The lowest BCUT2D eigenvalue weighted by molar-refractivity contribution is -0.923. The minimum atomic E-state index is -0.0816. The summed E-state index contributed by atoms with van der Waals surface area (Å²) in [5, 5.41) is 23.3. The van der Waals surface area contributed by atoms with Crippen LogP contribution in [-0.4, -0.2) is 44.4 Å². The molecule has 4 rings (SSSR count). The number of phenols is 1. The van der Waals surface area contributed by atoms with Gasteiger partial charge in [-0.2, -0.15) is 0 Å². The van der Waals surface area contributed by atoms with E-state index < -0.39 is 0 Å². The summed E-state index contributed by atoms with van der Waals surface area (Å²) in [4.78, 5) is 0. The Bertz CT molecular complexity index is 879. The van der Waals surface area contributed by atoms with E-state index in [1.54, 1.807) is 12.1 Å². The van der Waals surface area contributed by atoms with Crippen LogP contribution in [0, 0.1) is 0 Å². The molecule has 0 saturated heterocycles. The van der Waals surface area contributed by atoms with Crippen LogP contribution in [0.1, 0.15) is 22.7 Å². The Kier molecular flexibility index (Phi) is 4.49. The third-order valence-electron chi connectivity index (χ3n) is 5.81. The molecule has 0 spiro atoms. The number of likely N-dealkylation sites (N-methyl/N-ethyl adjacent to an activating group) is 1. The van der Waals surface area contributed by atoms with Gasteiger partial charge in [0.15, 0.2) is 11.5 Å². The minimum absolute atomic E-state index is 0. The number of methoxy groups -OCH3 is 2. The number of ether oxygens (including phenoxy) is 2. The molecule has 2 aromatic carbocycles. The van der Waals surface area contributed by atoms with Crippen LogP contribution in [0.4, 0.5) is 0 Å². The van der Waals surface area contributed by atoms with Gasteiger partial charge in [-0.25, -0.2) is 0 Å². The zero-order valence-corrected chi connectivity index (χ0v) is 16.3. The van der Waals surface area contributed by atoms with E-state index in [1.165, 1.54) is 19.8 Å². The highest BCUT2D eigenvalue weighted by Gasteiger charge is 2.42. The van der Waals surface area contributed by atoms with E-state index in [2.05, 4.69) is 14.1 Å². The van der Waals surface area contributed by atoms with E-state index in [4.69, 9.17) is 9.47 Å². The molecular weight excluding hydrogens is 354 g/mol. The molecule has 0 radical (unpaired) electrons. The number of nitrogens with zero attached hydrogens (tertiary/aromatic N) is 1. The van der Waals surface area contributed by atoms with Gasteiger partial charge in [-0.3, -0.25) is 0 Å². The van der Waals surface area contributed by atoms with E-state index in [1.807, 2.05) is 6.07 Å². The molecule has 0 fully saturated rings. The molecular formula is C20H24ClNO4. The number of rotatable bonds is 2. The zero-order chi connectivity index (χ0) is 17.9. The van der Waals surface area contributed by atoms with Crippen LogP contribution in [0.2, 0.25) is 0 Å². The van der Waals surface area contributed by atoms with Crippen LogP contribution in [-0.2, 0) is 12.8 Å². The first-order valence-electron chi connectivity index (χ1n) is 8.51. The smallest absolute Gasteiger partial charge is 0.161 e. The number of aromatic hydroxyl groups is 1. The van der Waals surface area contributed by atoms with Gasteiger partial charge in [-0.1, -0.05) is 5.75 Å². The number of hydrogen-bond donors (Lipinski definition) is 1. The molecule has 140 valence electrons. The van der Waals surface area contributed by atoms with Gasteiger partial charge in [0.1, 0.15) is 11.8 Å². The monoisotopic (exact) mass is 377 g/mol. The van der Waals surface area contributed by atoms with Crippen LogP contribution < -0.4 is 14.6 Å². The highest BCUT2D eigenvalue weighted by atomic mass is 35.5. The molecule has 6 heteroatoms. The second-order valence-electron chi connectivity index (χ2n) is 7.51. The van der Waals surface area contributed by atoms with Crippen LogP contribution in [0.3, 0.4) is 0 Å². The Labute approximate surface area is 159 Å². The molecule has 1 atom stereocenters. The van der Waals surface area contributed by atoms with Crippen molar-refractivity contribution >= 4 is 12.4 Å². The van der Waals surface area contributed by atoms with E-state index in [9.17, 15) is 10.2 Å². The van der Waals surface area contributed by atoms with Gasteiger partial charge < -0.3 is 24.2 Å². The van der Waals surface area contributed by atoms with Crippen LogP contribution >= 0.6 is 12.4 Å². The van der Waals surface area contributed by atoms with Crippen LogP contribution in [0.5, 0.6) is 23.0 Å². The van der Waals surface area contributed by atoms with Crippen molar-refractivity contribution in [1.82, 2.24) is 0 Å². The summed E-state index contributed by atoms with van der Waals surface area (Å²) in [5.41, 5.74) is 4.90. The maximum atomic E-state index is 13.1. The van der Waals surface area contributed by atoms with Gasteiger partial charge in [0.25, 0.3) is 0 Å². The predicted molar refractivity (Wildman–Crippen MR) is 100 cm³/mol. The minimum Gasteiger partial charge on any atom is -0.870 e. The third-order valence-corrected chi connectivity index (χ3v) is 5.81. The quantitative estimate of drug-likeness (QED) is 0.817. The van der Waals surface area contributed by atoms with Crippen molar-refractivity contribution in [2.24, 2.45) is 0 Å². The second kappa shape index (κ2) is 6.25.